The van der Waals surface area contributed by atoms with Gasteiger partial charge in [0.2, 0.25) is 17.9 Å². The highest BCUT2D eigenvalue weighted by Gasteiger charge is 2.47. The van der Waals surface area contributed by atoms with Crippen LogP contribution in [-0.2, 0) is 19.2 Å². The van der Waals surface area contributed by atoms with E-state index in [-0.39, 0.29) is 18.4 Å². The Balaban J connectivity index is 1.29. The highest BCUT2D eigenvalue weighted by molar-refractivity contribution is 6.07. The molecule has 0 unspecified atom stereocenters. The Morgan fingerprint density at radius 2 is 1.64 bits per heavy atom. The molecule has 2 N–H and O–H groups in total. The molecular formula is C19H19N3O6. The summed E-state index contributed by atoms with van der Waals surface area (Å²) in [6, 6.07) is 6.94. The third-order valence-electron chi connectivity index (χ3n) is 5.03. The van der Waals surface area contributed by atoms with E-state index in [1.54, 1.807) is 24.3 Å². The molecule has 0 radical (unpaired) electrons. The number of carbonyl (C=O) groups excluding carboxylic acids is 4. The van der Waals surface area contributed by atoms with Gasteiger partial charge in [-0.15, -0.1) is 0 Å². The molecule has 146 valence electrons. The van der Waals surface area contributed by atoms with Crippen LogP contribution in [0.3, 0.4) is 0 Å². The molecule has 1 saturated heterocycles. The topological polar surface area (TPSA) is 114 Å². The van der Waals surface area contributed by atoms with E-state index in [0.29, 0.717) is 24.3 Å². The van der Waals surface area contributed by atoms with Gasteiger partial charge in [-0.1, -0.05) is 24.3 Å². The van der Waals surface area contributed by atoms with Crippen LogP contribution in [-0.4, -0.2) is 47.8 Å². The van der Waals surface area contributed by atoms with Crippen molar-refractivity contribution < 1.29 is 28.7 Å². The van der Waals surface area contributed by atoms with Crippen molar-refractivity contribution in [2.75, 3.05) is 13.2 Å². The van der Waals surface area contributed by atoms with Crippen molar-refractivity contribution in [1.82, 2.24) is 15.8 Å². The number of amides is 4. The largest absolute Gasteiger partial charge is 0.485 e. The number of likely N-dealkylation sites (tertiary alicyclic amines) is 1. The van der Waals surface area contributed by atoms with Crippen LogP contribution in [0.1, 0.15) is 12.8 Å². The van der Waals surface area contributed by atoms with Gasteiger partial charge < -0.3 is 9.47 Å². The summed E-state index contributed by atoms with van der Waals surface area (Å²) in [5, 5.41) is 0. The fraction of sp³-hybridized carbons (Fsp3) is 0.368. The van der Waals surface area contributed by atoms with Gasteiger partial charge in [0.25, 0.3) is 11.8 Å². The Bertz CT molecular complexity index is 841. The van der Waals surface area contributed by atoms with Crippen molar-refractivity contribution in [2.24, 2.45) is 11.8 Å². The van der Waals surface area contributed by atoms with Crippen LogP contribution in [0.2, 0.25) is 0 Å². The minimum atomic E-state index is -0.931. The molecule has 0 aromatic heterocycles. The summed E-state index contributed by atoms with van der Waals surface area (Å²) in [5.74, 6) is -1.77. The van der Waals surface area contributed by atoms with Gasteiger partial charge in [0.15, 0.2) is 11.5 Å². The number of benzene rings is 1. The van der Waals surface area contributed by atoms with Crippen LogP contribution in [0.4, 0.5) is 0 Å². The molecule has 1 fully saturated rings. The van der Waals surface area contributed by atoms with E-state index in [1.165, 1.54) is 0 Å². The van der Waals surface area contributed by atoms with Gasteiger partial charge in [0.05, 0.1) is 11.8 Å². The second-order valence-electron chi connectivity index (χ2n) is 6.82. The van der Waals surface area contributed by atoms with Crippen molar-refractivity contribution in [3.63, 3.8) is 0 Å². The fourth-order valence-electron chi connectivity index (χ4n) is 3.57. The maximum Gasteiger partial charge on any atom is 0.283 e. The van der Waals surface area contributed by atoms with Gasteiger partial charge in [-0.25, -0.2) is 0 Å². The van der Waals surface area contributed by atoms with Gasteiger partial charge in [0.1, 0.15) is 13.2 Å². The Kier molecular flexibility index (Phi) is 4.72. The number of hydrogen-bond acceptors (Lipinski definition) is 6. The van der Waals surface area contributed by atoms with Gasteiger partial charge >= 0.3 is 0 Å². The Morgan fingerprint density at radius 1 is 1.00 bits per heavy atom. The number of nitrogens with zero attached hydrogens (tertiary/aromatic N) is 1. The van der Waals surface area contributed by atoms with E-state index in [4.69, 9.17) is 9.47 Å². The molecule has 3 atom stereocenters. The Morgan fingerprint density at radius 3 is 2.32 bits per heavy atom. The lowest BCUT2D eigenvalue weighted by Crippen LogP contribution is -2.53. The smallest absolute Gasteiger partial charge is 0.283 e. The second-order valence-corrected chi connectivity index (χ2v) is 6.82. The van der Waals surface area contributed by atoms with Crippen molar-refractivity contribution in [2.45, 2.75) is 18.9 Å². The third kappa shape index (κ3) is 3.30. The second kappa shape index (κ2) is 7.34. The number of hydrazine groups is 1. The first-order valence-electron chi connectivity index (χ1n) is 9.02. The van der Waals surface area contributed by atoms with Crippen molar-refractivity contribution in [3.05, 3.63) is 36.4 Å². The third-order valence-corrected chi connectivity index (χ3v) is 5.03. The minimum Gasteiger partial charge on any atom is -0.485 e. The number of imide groups is 1. The van der Waals surface area contributed by atoms with Crippen LogP contribution in [0.5, 0.6) is 11.5 Å². The standard InChI is InChI=1S/C19H19N3O6/c23-16(9-22-18(25)11-5-1-2-6-12(11)19(22)26)20-21-17(24)15-10-27-13-7-3-4-8-14(13)28-15/h1-4,7-8,11-12,15H,5-6,9-10H2,(H,20,23)(H,21,24)/t11-,12-,15+/m0/s1. The number of fused-ring (bicyclic) bond motifs is 2. The van der Waals surface area contributed by atoms with E-state index in [9.17, 15) is 19.2 Å². The molecule has 1 aromatic rings. The summed E-state index contributed by atoms with van der Waals surface area (Å²) < 4.78 is 11.0. The maximum absolute atomic E-state index is 12.4. The first-order valence-corrected chi connectivity index (χ1v) is 9.02. The van der Waals surface area contributed by atoms with Crippen LogP contribution in [0, 0.1) is 11.8 Å². The molecule has 3 aliphatic rings. The van der Waals surface area contributed by atoms with Crippen LogP contribution in [0.25, 0.3) is 0 Å². The zero-order chi connectivity index (χ0) is 19.7. The normalized spacial score (nSPS) is 25.3. The zero-order valence-electron chi connectivity index (χ0n) is 14.9. The summed E-state index contributed by atoms with van der Waals surface area (Å²) in [5.41, 5.74) is 4.46. The highest BCUT2D eigenvalue weighted by Crippen LogP contribution is 2.34. The van der Waals surface area contributed by atoms with Gasteiger partial charge in [0, 0.05) is 0 Å². The number of carbonyl (C=O) groups is 4. The number of hydrogen-bond donors (Lipinski definition) is 2. The van der Waals surface area contributed by atoms with Gasteiger partial charge in [-0.05, 0) is 25.0 Å². The fourth-order valence-corrected chi connectivity index (χ4v) is 3.57. The molecule has 9 heteroatoms. The SMILES string of the molecule is O=C(CN1C(=O)[C@H]2CC=CC[C@@H]2C1=O)NNC(=O)[C@H]1COc2ccccc2O1. The van der Waals surface area contributed by atoms with E-state index in [1.807, 2.05) is 12.2 Å². The summed E-state index contributed by atoms with van der Waals surface area (Å²) in [4.78, 5) is 50.0. The minimum absolute atomic E-state index is 0.00181. The monoisotopic (exact) mass is 385 g/mol. The van der Waals surface area contributed by atoms with Crippen molar-refractivity contribution in [3.8, 4) is 11.5 Å². The van der Waals surface area contributed by atoms with Crippen molar-refractivity contribution >= 4 is 23.6 Å². The van der Waals surface area contributed by atoms with E-state index < -0.39 is 36.3 Å². The number of allylic oxidation sites excluding steroid dienone is 2. The predicted octanol–water partition coefficient (Wildman–Crippen LogP) is -0.0750. The number of rotatable bonds is 3. The average Bonchev–Trinajstić information content (AvgIpc) is 2.97. The molecular weight excluding hydrogens is 366 g/mol. The first-order chi connectivity index (χ1) is 13.5. The van der Waals surface area contributed by atoms with Crippen LogP contribution < -0.4 is 20.3 Å². The highest BCUT2D eigenvalue weighted by atomic mass is 16.6. The van der Waals surface area contributed by atoms with E-state index in [0.717, 1.165) is 4.90 Å². The molecule has 4 amide bonds. The molecule has 4 rings (SSSR count). The Hall–Kier alpha value is -3.36. The molecule has 2 aliphatic heterocycles. The number of nitrogens with one attached hydrogen (secondary N) is 2. The van der Waals surface area contributed by atoms with Gasteiger partial charge in [-0.3, -0.25) is 34.9 Å². The zero-order valence-corrected chi connectivity index (χ0v) is 14.9. The summed E-state index contributed by atoms with van der Waals surface area (Å²) in [6.07, 6.45) is 3.83. The van der Waals surface area contributed by atoms with Crippen LogP contribution in [0.15, 0.2) is 36.4 Å². The molecule has 9 nitrogen and oxygen atoms in total. The van der Waals surface area contributed by atoms with E-state index in [2.05, 4.69) is 10.9 Å². The summed E-state index contributed by atoms with van der Waals surface area (Å²) in [6.45, 7) is -0.437. The molecule has 0 saturated carbocycles. The lowest BCUT2D eigenvalue weighted by atomic mass is 9.85. The Labute approximate surface area is 160 Å². The lowest BCUT2D eigenvalue weighted by molar-refractivity contribution is -0.144. The number of ether oxygens (including phenoxy) is 2. The first kappa shape index (κ1) is 18.0. The number of para-hydroxylation sites is 2. The predicted molar refractivity (Wildman–Crippen MR) is 94.7 cm³/mol. The molecule has 2 heterocycles. The van der Waals surface area contributed by atoms with E-state index >= 15 is 0 Å². The quantitative estimate of drug-likeness (QED) is 0.428. The lowest BCUT2D eigenvalue weighted by Gasteiger charge is -2.25. The molecule has 1 aromatic carbocycles. The van der Waals surface area contributed by atoms with Crippen LogP contribution >= 0.6 is 0 Å². The molecule has 0 spiro atoms. The van der Waals surface area contributed by atoms with Gasteiger partial charge in [-0.2, -0.15) is 0 Å². The molecule has 28 heavy (non-hydrogen) atoms. The average molecular weight is 385 g/mol. The summed E-state index contributed by atoms with van der Waals surface area (Å²) >= 11 is 0. The summed E-state index contributed by atoms with van der Waals surface area (Å²) in [7, 11) is 0. The molecule has 0 bridgehead atoms. The van der Waals surface area contributed by atoms with Crippen molar-refractivity contribution in [1.29, 1.82) is 0 Å². The maximum atomic E-state index is 12.4. The molecule has 1 aliphatic carbocycles.